The zero-order chi connectivity index (χ0) is 17.9. The molecule has 3 aromatic rings. The maximum absolute atomic E-state index is 12.5. The van der Waals surface area contributed by atoms with Crippen molar-refractivity contribution in [2.45, 2.75) is 45.3 Å². The monoisotopic (exact) mass is 348 g/mol. The van der Waals surface area contributed by atoms with Crippen molar-refractivity contribution in [3.05, 3.63) is 64.7 Å². The lowest BCUT2D eigenvalue weighted by molar-refractivity contribution is -0.0181. The van der Waals surface area contributed by atoms with Crippen molar-refractivity contribution in [1.29, 1.82) is 0 Å². The second kappa shape index (κ2) is 7.42. The van der Waals surface area contributed by atoms with Crippen LogP contribution >= 0.6 is 0 Å². The van der Waals surface area contributed by atoms with Crippen molar-refractivity contribution in [1.82, 2.24) is 9.97 Å². The van der Waals surface area contributed by atoms with E-state index in [2.05, 4.69) is 16.9 Å². The molecule has 1 aliphatic rings. The number of benzene rings is 2. The molecular formula is C22H24N2O2. The summed E-state index contributed by atoms with van der Waals surface area (Å²) in [5.41, 5.74) is 2.71. The average molecular weight is 348 g/mol. The molecule has 0 saturated heterocycles. The summed E-state index contributed by atoms with van der Waals surface area (Å²) >= 11 is 0. The lowest BCUT2D eigenvalue weighted by atomic mass is 9.88. The van der Waals surface area contributed by atoms with E-state index in [1.54, 1.807) is 0 Å². The second-order valence-electron chi connectivity index (χ2n) is 7.22. The van der Waals surface area contributed by atoms with Gasteiger partial charge in [-0.1, -0.05) is 56.2 Å². The fourth-order valence-corrected chi connectivity index (χ4v) is 3.78. The van der Waals surface area contributed by atoms with E-state index in [1.165, 1.54) is 19.3 Å². The summed E-state index contributed by atoms with van der Waals surface area (Å²) in [6.07, 6.45) is 5.09. The molecule has 0 aliphatic heterocycles. The fraction of sp³-hybridized carbons (Fsp3) is 0.364. The van der Waals surface area contributed by atoms with Crippen molar-refractivity contribution in [3.8, 4) is 11.1 Å². The molecule has 1 heterocycles. The molecule has 2 aromatic carbocycles. The average Bonchev–Trinajstić information content (AvgIpc) is 2.68. The van der Waals surface area contributed by atoms with E-state index in [4.69, 9.17) is 4.74 Å². The van der Waals surface area contributed by atoms with Crippen LogP contribution in [0.1, 0.15) is 38.4 Å². The number of fused-ring (bicyclic) bond motifs is 1. The van der Waals surface area contributed by atoms with E-state index < -0.39 is 0 Å². The van der Waals surface area contributed by atoms with Crippen molar-refractivity contribution in [2.24, 2.45) is 5.92 Å². The van der Waals surface area contributed by atoms with Crippen LogP contribution in [0.4, 0.5) is 0 Å². The Morgan fingerprint density at radius 1 is 1.08 bits per heavy atom. The minimum atomic E-state index is -0.108. The highest BCUT2D eigenvalue weighted by atomic mass is 16.5. The molecule has 1 aliphatic carbocycles. The van der Waals surface area contributed by atoms with Crippen molar-refractivity contribution in [3.63, 3.8) is 0 Å². The highest BCUT2D eigenvalue weighted by Gasteiger charge is 2.22. The molecule has 0 bridgehead atoms. The minimum absolute atomic E-state index is 0.108. The summed E-state index contributed by atoms with van der Waals surface area (Å²) in [7, 11) is 0. The third-order valence-corrected chi connectivity index (χ3v) is 5.33. The van der Waals surface area contributed by atoms with Crippen molar-refractivity contribution in [2.75, 3.05) is 0 Å². The highest BCUT2D eigenvalue weighted by molar-refractivity contribution is 5.83. The number of nitrogens with zero attached hydrogens (tertiary/aromatic N) is 1. The van der Waals surface area contributed by atoms with Crippen molar-refractivity contribution < 1.29 is 4.74 Å². The topological polar surface area (TPSA) is 55.0 Å². The Morgan fingerprint density at radius 2 is 1.88 bits per heavy atom. The van der Waals surface area contributed by atoms with Crippen LogP contribution in [-0.4, -0.2) is 16.1 Å². The van der Waals surface area contributed by atoms with Crippen LogP contribution < -0.4 is 5.56 Å². The van der Waals surface area contributed by atoms with Gasteiger partial charge in [0.05, 0.1) is 17.0 Å². The molecule has 0 spiro atoms. The lowest BCUT2D eigenvalue weighted by Gasteiger charge is -2.28. The van der Waals surface area contributed by atoms with E-state index in [1.807, 2.05) is 48.5 Å². The molecule has 1 N–H and O–H groups in total. The van der Waals surface area contributed by atoms with Crippen LogP contribution in [0.25, 0.3) is 22.0 Å². The molecule has 0 unspecified atom stereocenters. The molecule has 4 rings (SSSR count). The van der Waals surface area contributed by atoms with E-state index in [9.17, 15) is 4.79 Å². The van der Waals surface area contributed by atoms with Gasteiger partial charge in [0, 0.05) is 0 Å². The van der Waals surface area contributed by atoms with Gasteiger partial charge in [-0.15, -0.1) is 0 Å². The molecule has 26 heavy (non-hydrogen) atoms. The van der Waals surface area contributed by atoms with Gasteiger partial charge in [-0.3, -0.25) is 4.79 Å². The molecular weight excluding hydrogens is 324 g/mol. The maximum Gasteiger partial charge on any atom is 0.258 e. The van der Waals surface area contributed by atoms with Gasteiger partial charge >= 0.3 is 0 Å². The Balaban J connectivity index is 1.58. The van der Waals surface area contributed by atoms with E-state index >= 15 is 0 Å². The van der Waals surface area contributed by atoms with Crippen molar-refractivity contribution >= 4 is 10.9 Å². The molecule has 2 atom stereocenters. The van der Waals surface area contributed by atoms with Gasteiger partial charge in [-0.05, 0) is 42.0 Å². The number of aromatic nitrogens is 2. The Hall–Kier alpha value is -2.46. The first-order chi connectivity index (χ1) is 12.7. The number of H-pyrrole nitrogens is 1. The zero-order valence-corrected chi connectivity index (χ0v) is 15.1. The summed E-state index contributed by atoms with van der Waals surface area (Å²) < 4.78 is 6.05. The summed E-state index contributed by atoms with van der Waals surface area (Å²) in [6, 6.07) is 15.9. The molecule has 4 heteroatoms. The zero-order valence-electron chi connectivity index (χ0n) is 15.1. The largest absolute Gasteiger partial charge is 0.370 e. The minimum Gasteiger partial charge on any atom is -0.370 e. The number of nitrogens with one attached hydrogen (secondary N) is 1. The molecule has 0 radical (unpaired) electrons. The summed E-state index contributed by atoms with van der Waals surface area (Å²) in [5.74, 6) is 1.18. The molecule has 1 saturated carbocycles. The lowest BCUT2D eigenvalue weighted by Crippen LogP contribution is -2.26. The van der Waals surface area contributed by atoms with Gasteiger partial charge < -0.3 is 9.72 Å². The second-order valence-corrected chi connectivity index (χ2v) is 7.22. The van der Waals surface area contributed by atoms with Gasteiger partial charge in [-0.2, -0.15) is 0 Å². The predicted octanol–water partition coefficient (Wildman–Crippen LogP) is 4.69. The first-order valence-corrected chi connectivity index (χ1v) is 9.41. The maximum atomic E-state index is 12.5. The normalized spacial score (nSPS) is 20.3. The summed E-state index contributed by atoms with van der Waals surface area (Å²) in [5, 5.41) is 0.612. The SMILES string of the molecule is C[C@H]1CCCC[C@H]1OCc1nc2ccc(-c3ccccc3)cc2c(=O)[nH]1. The number of ether oxygens (including phenoxy) is 1. The molecule has 4 nitrogen and oxygen atoms in total. The van der Waals surface area contributed by atoms with Crippen LogP contribution in [-0.2, 0) is 11.3 Å². The summed E-state index contributed by atoms with van der Waals surface area (Å²) in [6.45, 7) is 2.60. The molecule has 0 amide bonds. The Labute approximate surface area is 153 Å². The third-order valence-electron chi connectivity index (χ3n) is 5.33. The number of hydrogen-bond donors (Lipinski definition) is 1. The summed E-state index contributed by atoms with van der Waals surface area (Å²) in [4.78, 5) is 20.0. The Morgan fingerprint density at radius 3 is 2.69 bits per heavy atom. The molecule has 1 aromatic heterocycles. The smallest absolute Gasteiger partial charge is 0.258 e. The third kappa shape index (κ3) is 3.56. The quantitative estimate of drug-likeness (QED) is 0.744. The van der Waals surface area contributed by atoms with Gasteiger partial charge in [0.25, 0.3) is 5.56 Å². The fourth-order valence-electron chi connectivity index (χ4n) is 3.78. The van der Waals surface area contributed by atoms with Gasteiger partial charge in [-0.25, -0.2) is 4.98 Å². The number of aromatic amines is 1. The number of hydrogen-bond acceptors (Lipinski definition) is 3. The van der Waals surface area contributed by atoms with Crippen LogP contribution in [0.2, 0.25) is 0 Å². The van der Waals surface area contributed by atoms with E-state index in [0.717, 1.165) is 17.5 Å². The van der Waals surface area contributed by atoms with Crippen LogP contribution in [0.15, 0.2) is 53.3 Å². The molecule has 1 fully saturated rings. The van der Waals surface area contributed by atoms with Gasteiger partial charge in [0.1, 0.15) is 12.4 Å². The highest BCUT2D eigenvalue weighted by Crippen LogP contribution is 2.27. The van der Waals surface area contributed by atoms with Crippen LogP contribution in [0, 0.1) is 5.92 Å². The number of rotatable bonds is 4. The predicted molar refractivity (Wildman–Crippen MR) is 104 cm³/mol. The molecule has 134 valence electrons. The first kappa shape index (κ1) is 17.0. The van der Waals surface area contributed by atoms with Gasteiger partial charge in [0.2, 0.25) is 0 Å². The van der Waals surface area contributed by atoms with E-state index in [-0.39, 0.29) is 11.7 Å². The Bertz CT molecular complexity index is 949. The first-order valence-electron chi connectivity index (χ1n) is 9.41. The van der Waals surface area contributed by atoms with Crippen LogP contribution in [0.5, 0.6) is 0 Å². The Kier molecular flexibility index (Phi) is 4.85. The van der Waals surface area contributed by atoms with Crippen LogP contribution in [0.3, 0.4) is 0 Å². The van der Waals surface area contributed by atoms with Gasteiger partial charge in [0.15, 0.2) is 0 Å². The van der Waals surface area contributed by atoms with E-state index in [0.29, 0.717) is 29.3 Å². The standard InChI is InChI=1S/C22H24N2O2/c1-15-7-5-6-10-20(15)26-14-21-23-19-12-11-17(13-18(19)22(25)24-21)16-8-3-2-4-9-16/h2-4,8-9,11-13,15,20H,5-7,10,14H2,1H3,(H,23,24,25)/t15-,20+/m0/s1.